The van der Waals surface area contributed by atoms with Crippen LogP contribution in [-0.4, -0.2) is 31.9 Å². The van der Waals surface area contributed by atoms with Crippen molar-refractivity contribution >= 4 is 28.7 Å². The third-order valence-corrected chi connectivity index (χ3v) is 2.65. The summed E-state index contributed by atoms with van der Waals surface area (Å²) in [7, 11) is 0. The summed E-state index contributed by atoms with van der Waals surface area (Å²) in [6.07, 6.45) is 0. The molecule has 3 N–H and O–H groups in total. The van der Waals surface area contributed by atoms with Gasteiger partial charge in [0.2, 0.25) is 5.13 Å². The highest BCUT2D eigenvalue weighted by Crippen LogP contribution is 2.14. The van der Waals surface area contributed by atoms with Crippen LogP contribution in [0.5, 0.6) is 0 Å². The lowest BCUT2D eigenvalue weighted by Gasteiger charge is -2.01. The molecule has 0 unspecified atom stereocenters. The maximum absolute atomic E-state index is 11.4. The van der Waals surface area contributed by atoms with Crippen molar-refractivity contribution in [2.45, 2.75) is 13.5 Å². The Morgan fingerprint density at radius 1 is 1.53 bits per heavy atom. The number of aromatic carboxylic acids is 1. The molecule has 2 heterocycles. The standard InChI is InChI=1S/C9H9N5O4S/c1-4-6(7(15)16)2-5(18-4)3-10-8(17)11-9-12-13-14-19-9/h2H,3H2,1H3,(H,15,16)(H2,10,11,12,14,17). The molecule has 2 rings (SSSR count). The number of carboxylic acids is 1. The van der Waals surface area contributed by atoms with E-state index in [1.54, 1.807) is 6.92 Å². The summed E-state index contributed by atoms with van der Waals surface area (Å²) < 4.78 is 8.68. The van der Waals surface area contributed by atoms with Gasteiger partial charge < -0.3 is 14.8 Å². The largest absolute Gasteiger partial charge is 0.478 e. The van der Waals surface area contributed by atoms with Crippen molar-refractivity contribution in [3.05, 3.63) is 23.2 Å². The number of aryl methyl sites for hydroxylation is 1. The van der Waals surface area contributed by atoms with Crippen molar-refractivity contribution in [1.82, 2.24) is 20.1 Å². The number of anilines is 1. The van der Waals surface area contributed by atoms with Crippen LogP contribution in [0.3, 0.4) is 0 Å². The summed E-state index contributed by atoms with van der Waals surface area (Å²) in [5, 5.41) is 20.9. The van der Waals surface area contributed by atoms with Crippen LogP contribution in [0, 0.1) is 6.92 Å². The van der Waals surface area contributed by atoms with Crippen molar-refractivity contribution in [1.29, 1.82) is 0 Å². The summed E-state index contributed by atoms with van der Waals surface area (Å²) in [5.74, 6) is -0.435. The fourth-order valence-electron chi connectivity index (χ4n) is 1.33. The fraction of sp³-hybridized carbons (Fsp3) is 0.222. The molecule has 0 aliphatic carbocycles. The number of amides is 2. The number of carbonyl (C=O) groups is 2. The first kappa shape index (κ1) is 13.0. The summed E-state index contributed by atoms with van der Waals surface area (Å²) in [6, 6.07) is 0.856. The highest BCUT2D eigenvalue weighted by atomic mass is 32.1. The van der Waals surface area contributed by atoms with Crippen LogP contribution >= 0.6 is 11.5 Å². The van der Waals surface area contributed by atoms with E-state index in [1.165, 1.54) is 6.07 Å². The summed E-state index contributed by atoms with van der Waals surface area (Å²) in [6.45, 7) is 1.60. The van der Waals surface area contributed by atoms with Crippen LogP contribution in [0.4, 0.5) is 9.93 Å². The molecule has 100 valence electrons. The van der Waals surface area contributed by atoms with Gasteiger partial charge in [-0.05, 0) is 18.2 Å². The molecule has 0 bridgehead atoms. The van der Waals surface area contributed by atoms with Gasteiger partial charge in [0.25, 0.3) is 0 Å². The second-order valence-corrected chi connectivity index (χ2v) is 4.20. The highest BCUT2D eigenvalue weighted by molar-refractivity contribution is 7.09. The van der Waals surface area contributed by atoms with Gasteiger partial charge in [0.15, 0.2) is 0 Å². The molecule has 0 atom stereocenters. The van der Waals surface area contributed by atoms with E-state index in [1.807, 2.05) is 0 Å². The van der Waals surface area contributed by atoms with Gasteiger partial charge in [-0.3, -0.25) is 5.32 Å². The SMILES string of the molecule is Cc1oc(CNC(=O)Nc2nnns2)cc1C(=O)O. The zero-order valence-corrected chi connectivity index (χ0v) is 10.5. The smallest absolute Gasteiger partial charge is 0.339 e. The zero-order chi connectivity index (χ0) is 13.8. The average Bonchev–Trinajstić information content (AvgIpc) is 2.96. The van der Waals surface area contributed by atoms with Gasteiger partial charge in [-0.15, -0.1) is 0 Å². The van der Waals surface area contributed by atoms with Crippen LogP contribution in [0.2, 0.25) is 0 Å². The minimum absolute atomic E-state index is 0.0617. The van der Waals surface area contributed by atoms with Crippen LogP contribution in [0.15, 0.2) is 10.5 Å². The third-order valence-electron chi connectivity index (χ3n) is 2.14. The number of furan rings is 1. The van der Waals surface area contributed by atoms with E-state index in [0.717, 1.165) is 11.5 Å². The normalized spacial score (nSPS) is 10.2. The molecule has 0 radical (unpaired) electrons. The third kappa shape index (κ3) is 3.25. The molecule has 9 nitrogen and oxygen atoms in total. The maximum atomic E-state index is 11.4. The Morgan fingerprint density at radius 2 is 2.32 bits per heavy atom. The summed E-state index contributed by atoms with van der Waals surface area (Å²) in [4.78, 5) is 22.2. The number of rotatable bonds is 4. The van der Waals surface area contributed by atoms with Gasteiger partial charge in [-0.1, -0.05) is 9.59 Å². The number of carbonyl (C=O) groups excluding carboxylic acids is 1. The number of aromatic nitrogens is 3. The second-order valence-electron chi connectivity index (χ2n) is 3.46. The Morgan fingerprint density at radius 3 is 2.89 bits per heavy atom. The van der Waals surface area contributed by atoms with Gasteiger partial charge in [0.1, 0.15) is 17.1 Å². The van der Waals surface area contributed by atoms with Gasteiger partial charge in [0, 0.05) is 11.5 Å². The Labute approximate surface area is 110 Å². The molecule has 0 aromatic carbocycles. The van der Waals surface area contributed by atoms with E-state index in [9.17, 15) is 9.59 Å². The summed E-state index contributed by atoms with van der Waals surface area (Å²) in [5.41, 5.74) is 0.0746. The lowest BCUT2D eigenvalue weighted by molar-refractivity contribution is 0.0695. The lowest BCUT2D eigenvalue weighted by atomic mass is 10.2. The number of nitrogens with zero attached hydrogens (tertiary/aromatic N) is 3. The van der Waals surface area contributed by atoms with E-state index in [0.29, 0.717) is 5.76 Å². The van der Waals surface area contributed by atoms with E-state index in [-0.39, 0.29) is 23.0 Å². The highest BCUT2D eigenvalue weighted by Gasteiger charge is 2.14. The van der Waals surface area contributed by atoms with Gasteiger partial charge in [-0.2, -0.15) is 0 Å². The number of hydrogen-bond acceptors (Lipinski definition) is 7. The first-order valence-electron chi connectivity index (χ1n) is 5.08. The van der Waals surface area contributed by atoms with Crippen LogP contribution in [-0.2, 0) is 6.54 Å². The Hall–Kier alpha value is -2.49. The number of urea groups is 1. The van der Waals surface area contributed by atoms with Gasteiger partial charge in [-0.25, -0.2) is 9.59 Å². The van der Waals surface area contributed by atoms with Crippen molar-refractivity contribution in [2.24, 2.45) is 0 Å². The lowest BCUT2D eigenvalue weighted by Crippen LogP contribution is -2.27. The van der Waals surface area contributed by atoms with Crippen LogP contribution in [0.25, 0.3) is 0 Å². The zero-order valence-electron chi connectivity index (χ0n) is 9.71. The minimum atomic E-state index is -1.07. The molecule has 0 aliphatic heterocycles. The van der Waals surface area contributed by atoms with Gasteiger partial charge in [0.05, 0.1) is 6.54 Å². The molecule has 0 saturated heterocycles. The molecule has 2 amide bonds. The molecular formula is C9H9N5O4S. The molecule has 19 heavy (non-hydrogen) atoms. The molecule has 10 heteroatoms. The Kier molecular flexibility index (Phi) is 3.71. The molecule has 0 aliphatic rings. The first-order chi connectivity index (χ1) is 9.06. The van der Waals surface area contributed by atoms with E-state index < -0.39 is 12.0 Å². The Balaban J connectivity index is 1.90. The second kappa shape index (κ2) is 5.44. The number of nitrogens with one attached hydrogen (secondary N) is 2. The summed E-state index contributed by atoms with van der Waals surface area (Å²) >= 11 is 0.938. The minimum Gasteiger partial charge on any atom is -0.478 e. The molecular weight excluding hydrogens is 274 g/mol. The predicted octanol–water partition coefficient (Wildman–Crippen LogP) is 0.854. The molecule has 2 aromatic rings. The first-order valence-corrected chi connectivity index (χ1v) is 5.86. The predicted molar refractivity (Wildman–Crippen MR) is 64.0 cm³/mol. The average molecular weight is 283 g/mol. The van der Waals surface area contributed by atoms with Crippen molar-refractivity contribution in [2.75, 3.05) is 5.32 Å². The molecule has 2 aromatic heterocycles. The molecule has 0 saturated carbocycles. The van der Waals surface area contributed by atoms with E-state index in [2.05, 4.69) is 25.4 Å². The molecule has 0 fully saturated rings. The van der Waals surface area contributed by atoms with E-state index >= 15 is 0 Å². The molecule has 0 spiro atoms. The number of carboxylic acid groups (broad SMARTS) is 1. The van der Waals surface area contributed by atoms with Crippen molar-refractivity contribution < 1.29 is 19.1 Å². The quantitative estimate of drug-likeness (QED) is 0.758. The van der Waals surface area contributed by atoms with Gasteiger partial charge >= 0.3 is 12.0 Å². The van der Waals surface area contributed by atoms with Crippen molar-refractivity contribution in [3.63, 3.8) is 0 Å². The van der Waals surface area contributed by atoms with Crippen LogP contribution < -0.4 is 10.6 Å². The Bertz CT molecular complexity index is 594. The van der Waals surface area contributed by atoms with Crippen LogP contribution in [0.1, 0.15) is 21.9 Å². The topological polar surface area (TPSA) is 130 Å². The monoisotopic (exact) mass is 283 g/mol. The fourth-order valence-corrected chi connectivity index (χ4v) is 1.70. The maximum Gasteiger partial charge on any atom is 0.339 e. The van der Waals surface area contributed by atoms with Crippen molar-refractivity contribution in [3.8, 4) is 0 Å². The van der Waals surface area contributed by atoms with E-state index in [4.69, 9.17) is 9.52 Å². The number of hydrogen-bond donors (Lipinski definition) is 3.